The van der Waals surface area contributed by atoms with Gasteiger partial charge in [-0.1, -0.05) is 281 Å². The highest BCUT2D eigenvalue weighted by molar-refractivity contribution is 7.03. The first kappa shape index (κ1) is 112. The van der Waals surface area contributed by atoms with Gasteiger partial charge in [-0.25, -0.2) is 14.3 Å². The largest absolute Gasteiger partial charge is 0.365 e. The number of H-pyrrole nitrogens is 1. The van der Waals surface area contributed by atoms with Gasteiger partial charge in [0.1, 0.15) is 12.6 Å². The average Bonchev–Trinajstić information content (AvgIpc) is 4.19. The molecule has 0 radical (unpaired) electrons. The van der Waals surface area contributed by atoms with Crippen molar-refractivity contribution in [1.29, 1.82) is 0 Å². The molecule has 1 N–H and O–H groups in total. The van der Waals surface area contributed by atoms with Crippen LogP contribution in [0.15, 0.2) is 139 Å². The fraction of sp³-hybridized carbons (Fsp3) is 0.703. The minimum absolute atomic E-state index is 0.833. The Kier molecular flexibility index (Phi) is 141. The zero-order chi connectivity index (χ0) is 69.8. The van der Waals surface area contributed by atoms with Crippen molar-refractivity contribution in [3.63, 3.8) is 0 Å². The molecule has 10 nitrogen and oxygen atoms in total. The number of rotatable bonds is 0. The summed E-state index contributed by atoms with van der Waals surface area (Å²) in [6.45, 7) is 84.5. The van der Waals surface area contributed by atoms with E-state index in [-0.39, 0.29) is 0 Å². The van der Waals surface area contributed by atoms with Crippen LogP contribution in [0.1, 0.15) is 270 Å². The van der Waals surface area contributed by atoms with Crippen molar-refractivity contribution in [3.05, 3.63) is 135 Å². The monoisotopic (exact) mass is 1220 g/mol. The normalized spacial score (nSPS) is 8.61. The molecule has 85 heavy (non-hydrogen) atoms. The fourth-order valence-corrected chi connectivity index (χ4v) is 1.74. The molecule has 6 heterocycles. The van der Waals surface area contributed by atoms with E-state index in [0.717, 1.165) is 76.9 Å². The number of nitrogens with one attached hydrogen (secondary N) is 1. The molecule has 0 unspecified atom stereocenters. The Morgan fingerprint density at radius 2 is 0.553 bits per heavy atom. The second-order valence-electron chi connectivity index (χ2n) is 27.5. The molecule has 0 fully saturated rings. The quantitative estimate of drug-likeness (QED) is 0.158. The van der Waals surface area contributed by atoms with Crippen LogP contribution in [0.2, 0.25) is 0 Å². The van der Waals surface area contributed by atoms with Gasteiger partial charge in [-0.05, 0) is 137 Å². The lowest BCUT2D eigenvalue weighted by Crippen LogP contribution is -1.69. The summed E-state index contributed by atoms with van der Waals surface area (Å²) in [5.41, 5.74) is 0. The van der Waals surface area contributed by atoms with Gasteiger partial charge in [0.15, 0.2) is 0 Å². The van der Waals surface area contributed by atoms with Gasteiger partial charge < -0.3 is 4.52 Å². The molecule has 0 aliphatic carbocycles. The Morgan fingerprint density at radius 1 is 0.271 bits per heavy atom. The summed E-state index contributed by atoms with van der Waals surface area (Å²) in [6.07, 6.45) is 20.0. The minimum Gasteiger partial charge on any atom is -0.365 e. The molecule has 0 saturated heterocycles. The Balaban J connectivity index is -0.0000000587. The summed E-state index contributed by atoms with van der Waals surface area (Å²) in [5, 5.41) is 18.6. The molecule has 0 bridgehead atoms. The van der Waals surface area contributed by atoms with Crippen molar-refractivity contribution in [2.45, 2.75) is 270 Å². The van der Waals surface area contributed by atoms with Crippen LogP contribution >= 0.6 is 11.5 Å². The summed E-state index contributed by atoms with van der Waals surface area (Å²) in [4.78, 5) is 11.1. The lowest BCUT2D eigenvalue weighted by atomic mass is 10.3. The highest BCUT2D eigenvalue weighted by Crippen LogP contribution is 1.87. The molecule has 0 amide bonds. The first-order valence-electron chi connectivity index (χ1n) is 31.9. The zero-order valence-corrected chi connectivity index (χ0v) is 64.9. The molecule has 11 heteroatoms. The lowest BCUT2D eigenvalue weighted by molar-refractivity contribution is 0.420. The zero-order valence-electron chi connectivity index (χ0n) is 64.1. The molecular weight excluding hydrogens is 1060 g/mol. The molecule has 0 saturated carbocycles. The van der Waals surface area contributed by atoms with Crippen LogP contribution in [-0.2, 0) is 0 Å². The summed E-state index contributed by atoms with van der Waals surface area (Å²) in [5.74, 6) is 10.8. The van der Waals surface area contributed by atoms with E-state index in [4.69, 9.17) is 0 Å². The maximum atomic E-state index is 4.33. The van der Waals surface area contributed by atoms with Crippen molar-refractivity contribution in [2.75, 3.05) is 0 Å². The number of hydrogen-bond donors (Lipinski definition) is 1. The Morgan fingerprint density at radius 3 is 0.624 bits per heavy atom. The molecule has 0 aliphatic rings. The van der Waals surface area contributed by atoms with Gasteiger partial charge in [-0.15, -0.1) is 0 Å². The van der Waals surface area contributed by atoms with Gasteiger partial charge in [-0.3, -0.25) is 10.1 Å². The number of aromatic amines is 1. The van der Waals surface area contributed by atoms with E-state index in [1.807, 2.05) is 47.8 Å². The fourth-order valence-electron chi connectivity index (χ4n) is 1.39. The van der Waals surface area contributed by atoms with Gasteiger partial charge in [0.25, 0.3) is 0 Å². The average molecular weight is 1220 g/mol. The SMILES string of the molecule is CC(C)C.CC(C)C.CC(C)C.CC(C)C.CC(C)C.CC(C)C.CC(C)C.CC(C)C.CC(C)C.CC(C)C.CC(C)C.CC(C)C.CC(C)C.c1ccncc1.c1ccnnc1.c1cn[nH]c1.c1cncnc1.c1cnoc1.c1cnsc1. The smallest absolute Gasteiger partial charge is 0.123 e. The van der Waals surface area contributed by atoms with Crippen LogP contribution in [0.4, 0.5) is 0 Å². The maximum Gasteiger partial charge on any atom is 0.123 e. The molecule has 6 aromatic rings. The third-order valence-corrected chi connectivity index (χ3v) is 3.15. The van der Waals surface area contributed by atoms with Crippen LogP contribution in [0.25, 0.3) is 0 Å². The van der Waals surface area contributed by atoms with Gasteiger partial charge in [0.05, 0.1) is 6.20 Å². The van der Waals surface area contributed by atoms with Crippen molar-refractivity contribution in [3.8, 4) is 0 Å². The van der Waals surface area contributed by atoms with Crippen molar-refractivity contribution < 1.29 is 4.52 Å². The minimum atomic E-state index is 0.833. The molecular formula is C74H153N9OS. The van der Waals surface area contributed by atoms with E-state index in [2.05, 4.69) is 319 Å². The summed E-state index contributed by atoms with van der Waals surface area (Å²) in [7, 11) is 0. The second-order valence-corrected chi connectivity index (χ2v) is 28.2. The van der Waals surface area contributed by atoms with E-state index < -0.39 is 0 Å². The van der Waals surface area contributed by atoms with Crippen molar-refractivity contribution in [1.82, 2.24) is 44.9 Å². The van der Waals surface area contributed by atoms with Crippen LogP contribution in [0.3, 0.4) is 0 Å². The van der Waals surface area contributed by atoms with E-state index >= 15 is 0 Å². The van der Waals surface area contributed by atoms with Crippen LogP contribution in [0, 0.1) is 76.9 Å². The van der Waals surface area contributed by atoms with Gasteiger partial charge >= 0.3 is 0 Å². The van der Waals surface area contributed by atoms with Gasteiger partial charge in [0.2, 0.25) is 0 Å². The van der Waals surface area contributed by atoms with Crippen molar-refractivity contribution in [2.24, 2.45) is 76.9 Å². The first-order valence-corrected chi connectivity index (χ1v) is 32.7. The molecule has 0 aliphatic heterocycles. The van der Waals surface area contributed by atoms with E-state index in [9.17, 15) is 0 Å². The predicted octanol–water partition coefficient (Wildman–Crippen LogP) is 25.9. The number of hydrogen-bond acceptors (Lipinski definition) is 10. The van der Waals surface area contributed by atoms with Gasteiger partial charge in [-0.2, -0.15) is 15.3 Å². The van der Waals surface area contributed by atoms with E-state index in [1.54, 1.807) is 74.1 Å². The third-order valence-electron chi connectivity index (χ3n) is 2.63. The standard InChI is InChI=1S/C5H5N.2C4H4N2.13C4H10.C3H4N2.C3H3NO.C3H3NS/c1-2-4-6-5-3-1;1-2-5-4-6-3-1;1-2-4-6-5-3-1;13*1-4(2)3;3*1-2-4-5-3-1/h1-5H;2*1-4H;13*4H,1-3H3;1-3H,(H,4,5);2*1-3H. The lowest BCUT2D eigenvalue weighted by Gasteiger charge is -1.79. The number of pyridine rings is 1. The third kappa shape index (κ3) is 591. The summed E-state index contributed by atoms with van der Waals surface area (Å²) in [6, 6.07) is 16.6. The summed E-state index contributed by atoms with van der Waals surface area (Å²) < 4.78 is 8.10. The molecule has 0 spiro atoms. The molecule has 0 aromatic carbocycles. The molecule has 6 rings (SSSR count). The second kappa shape index (κ2) is 107. The van der Waals surface area contributed by atoms with Crippen LogP contribution < -0.4 is 0 Å². The first-order chi connectivity index (χ1) is 39.0. The van der Waals surface area contributed by atoms with Crippen LogP contribution in [-0.4, -0.2) is 44.9 Å². The molecule has 506 valence electrons. The van der Waals surface area contributed by atoms with Gasteiger partial charge in [0, 0.05) is 61.2 Å². The van der Waals surface area contributed by atoms with E-state index in [0.29, 0.717) is 0 Å². The maximum absolute atomic E-state index is 4.33. The van der Waals surface area contributed by atoms with Crippen LogP contribution in [0.5, 0.6) is 0 Å². The number of aromatic nitrogens is 9. The molecule has 0 atom stereocenters. The predicted molar refractivity (Wildman–Crippen MR) is 392 cm³/mol. The summed E-state index contributed by atoms with van der Waals surface area (Å²) >= 11 is 1.46. The Labute approximate surface area is 539 Å². The highest BCUT2D eigenvalue weighted by atomic mass is 32.1. The molecule has 6 aromatic heterocycles. The van der Waals surface area contributed by atoms with E-state index in [1.165, 1.54) is 24.1 Å². The Bertz CT molecular complexity index is 1180. The topological polar surface area (TPSA) is 132 Å². The number of nitrogens with zero attached hydrogens (tertiary/aromatic N) is 8. The highest BCUT2D eigenvalue weighted by Gasteiger charge is 1.73. The Hall–Kier alpha value is -4.64. The van der Waals surface area contributed by atoms with Crippen molar-refractivity contribution >= 4 is 11.5 Å².